The summed E-state index contributed by atoms with van der Waals surface area (Å²) >= 11 is 1.92. The van der Waals surface area contributed by atoms with Crippen LogP contribution in [0.2, 0.25) is 0 Å². The van der Waals surface area contributed by atoms with E-state index in [1.165, 1.54) is 16.9 Å². The molecule has 2 rings (SSSR count). The van der Waals surface area contributed by atoms with E-state index in [1.54, 1.807) is 0 Å². The zero-order valence-electron chi connectivity index (χ0n) is 9.66. The summed E-state index contributed by atoms with van der Waals surface area (Å²) in [4.78, 5) is 1.38. The van der Waals surface area contributed by atoms with E-state index in [4.69, 9.17) is 0 Å². The molecule has 15 heavy (non-hydrogen) atoms. The van der Waals surface area contributed by atoms with Gasteiger partial charge in [-0.15, -0.1) is 11.8 Å². The van der Waals surface area contributed by atoms with Gasteiger partial charge < -0.3 is 5.32 Å². The summed E-state index contributed by atoms with van der Waals surface area (Å²) in [5.74, 6) is 0. The third kappa shape index (κ3) is 2.76. The number of nitrogens with one attached hydrogen (secondary N) is 1. The molecule has 1 aliphatic rings. The van der Waals surface area contributed by atoms with Gasteiger partial charge in [0.2, 0.25) is 0 Å². The molecular formula is C13H19NS. The van der Waals surface area contributed by atoms with E-state index in [2.05, 4.69) is 50.4 Å². The Morgan fingerprint density at radius 3 is 2.33 bits per heavy atom. The maximum atomic E-state index is 3.51. The monoisotopic (exact) mass is 221 g/mol. The lowest BCUT2D eigenvalue weighted by Gasteiger charge is -2.35. The van der Waals surface area contributed by atoms with Crippen LogP contribution in [0, 0.1) is 0 Å². The van der Waals surface area contributed by atoms with Crippen molar-refractivity contribution < 1.29 is 0 Å². The molecule has 0 aromatic heterocycles. The van der Waals surface area contributed by atoms with Crippen LogP contribution in [0.1, 0.15) is 38.8 Å². The van der Waals surface area contributed by atoms with Crippen molar-refractivity contribution in [1.29, 1.82) is 0 Å². The largest absolute Gasteiger partial charge is 0.307 e. The molecule has 0 bridgehead atoms. The lowest BCUT2D eigenvalue weighted by molar-refractivity contribution is 0.288. The fraction of sp³-hybridized carbons (Fsp3) is 0.538. The molecule has 82 valence electrons. The van der Waals surface area contributed by atoms with Crippen LogP contribution in [0.15, 0.2) is 29.2 Å². The molecule has 1 nitrogen and oxygen atoms in total. The third-order valence-corrected chi connectivity index (χ3v) is 3.74. The second-order valence-corrected chi connectivity index (χ2v) is 6.24. The van der Waals surface area contributed by atoms with Crippen LogP contribution < -0.4 is 5.32 Å². The first-order chi connectivity index (χ1) is 7.15. The van der Waals surface area contributed by atoms with Crippen molar-refractivity contribution in [3.8, 4) is 0 Å². The van der Waals surface area contributed by atoms with Crippen LogP contribution in [-0.4, -0.2) is 11.3 Å². The van der Waals surface area contributed by atoms with Gasteiger partial charge in [0.25, 0.3) is 0 Å². The average Bonchev–Trinajstić information content (AvgIpc) is 2.14. The predicted molar refractivity (Wildman–Crippen MR) is 67.4 cm³/mol. The van der Waals surface area contributed by atoms with Crippen molar-refractivity contribution in [1.82, 2.24) is 5.32 Å². The van der Waals surface area contributed by atoms with Crippen molar-refractivity contribution in [3.05, 3.63) is 29.8 Å². The number of rotatable bonds is 3. The summed E-state index contributed by atoms with van der Waals surface area (Å²) in [6.07, 6.45) is 1.27. The zero-order valence-corrected chi connectivity index (χ0v) is 10.5. The van der Waals surface area contributed by atoms with Gasteiger partial charge in [-0.1, -0.05) is 26.0 Å². The van der Waals surface area contributed by atoms with E-state index < -0.39 is 0 Å². The number of benzene rings is 1. The van der Waals surface area contributed by atoms with Gasteiger partial charge >= 0.3 is 0 Å². The molecule has 1 N–H and O–H groups in total. The van der Waals surface area contributed by atoms with Gasteiger partial charge in [0, 0.05) is 22.2 Å². The molecule has 1 fully saturated rings. The molecule has 1 aromatic carbocycles. The van der Waals surface area contributed by atoms with E-state index in [1.807, 2.05) is 11.8 Å². The lowest BCUT2D eigenvalue weighted by Crippen LogP contribution is -2.43. The van der Waals surface area contributed by atoms with Crippen LogP contribution in [0.5, 0.6) is 0 Å². The Morgan fingerprint density at radius 1 is 1.27 bits per heavy atom. The van der Waals surface area contributed by atoms with Crippen LogP contribution in [0.4, 0.5) is 0 Å². The minimum Gasteiger partial charge on any atom is -0.307 e. The summed E-state index contributed by atoms with van der Waals surface area (Å²) in [5.41, 5.74) is 1.43. The van der Waals surface area contributed by atoms with E-state index in [9.17, 15) is 0 Å². The topological polar surface area (TPSA) is 12.0 Å². The number of thioether (sulfide) groups is 1. The first kappa shape index (κ1) is 11.0. The Labute approximate surface area is 96.7 Å². The van der Waals surface area contributed by atoms with Gasteiger partial charge in [-0.25, -0.2) is 0 Å². The van der Waals surface area contributed by atoms with Gasteiger partial charge in [-0.05, 0) is 31.0 Å². The first-order valence-corrected chi connectivity index (χ1v) is 6.56. The third-order valence-electron chi connectivity index (χ3n) is 2.73. The van der Waals surface area contributed by atoms with Crippen molar-refractivity contribution in [2.24, 2.45) is 0 Å². The highest BCUT2D eigenvalue weighted by molar-refractivity contribution is 7.99. The molecule has 0 saturated carbocycles. The second kappa shape index (κ2) is 4.58. The standard InChI is InChI=1S/C13H19NS/c1-9(2)15-12-6-4-11(5-7-12)13-8-10(3)14-13/h4-7,9-10,13-14H,8H2,1-3H3. The quantitative estimate of drug-likeness (QED) is 0.783. The molecule has 2 atom stereocenters. The molecule has 1 aromatic rings. The van der Waals surface area contributed by atoms with E-state index in [0.29, 0.717) is 17.3 Å². The van der Waals surface area contributed by atoms with E-state index in [0.717, 1.165) is 0 Å². The van der Waals surface area contributed by atoms with Crippen LogP contribution in [-0.2, 0) is 0 Å². The fourth-order valence-corrected chi connectivity index (χ4v) is 2.79. The number of hydrogen-bond donors (Lipinski definition) is 1. The van der Waals surface area contributed by atoms with Crippen LogP contribution in [0.3, 0.4) is 0 Å². The first-order valence-electron chi connectivity index (χ1n) is 5.68. The molecule has 1 saturated heterocycles. The van der Waals surface area contributed by atoms with Crippen molar-refractivity contribution in [2.45, 2.75) is 49.4 Å². The van der Waals surface area contributed by atoms with Gasteiger partial charge in [0.15, 0.2) is 0 Å². The summed E-state index contributed by atoms with van der Waals surface area (Å²) in [5, 5.41) is 4.18. The average molecular weight is 221 g/mol. The van der Waals surface area contributed by atoms with Crippen molar-refractivity contribution in [2.75, 3.05) is 0 Å². The molecule has 0 amide bonds. The van der Waals surface area contributed by atoms with Crippen molar-refractivity contribution >= 4 is 11.8 Å². The SMILES string of the molecule is CC1CC(c2ccc(SC(C)C)cc2)N1. The Hall–Kier alpha value is -0.470. The Balaban J connectivity index is 1.98. The number of hydrogen-bond acceptors (Lipinski definition) is 2. The fourth-order valence-electron chi connectivity index (χ4n) is 1.96. The Bertz CT molecular complexity index is 312. The highest BCUT2D eigenvalue weighted by Gasteiger charge is 2.25. The highest BCUT2D eigenvalue weighted by Crippen LogP contribution is 2.29. The summed E-state index contributed by atoms with van der Waals surface area (Å²) < 4.78 is 0. The van der Waals surface area contributed by atoms with Crippen LogP contribution >= 0.6 is 11.8 Å². The molecule has 1 heterocycles. The predicted octanol–water partition coefficient (Wildman–Crippen LogP) is 3.61. The Kier molecular flexibility index (Phi) is 3.37. The van der Waals surface area contributed by atoms with Crippen molar-refractivity contribution in [3.63, 3.8) is 0 Å². The molecule has 0 aliphatic carbocycles. The van der Waals surface area contributed by atoms with Gasteiger partial charge in [0.1, 0.15) is 0 Å². The molecule has 1 aliphatic heterocycles. The van der Waals surface area contributed by atoms with E-state index in [-0.39, 0.29) is 0 Å². The smallest absolute Gasteiger partial charge is 0.0337 e. The highest BCUT2D eigenvalue weighted by atomic mass is 32.2. The van der Waals surface area contributed by atoms with Crippen LogP contribution in [0.25, 0.3) is 0 Å². The zero-order chi connectivity index (χ0) is 10.8. The van der Waals surface area contributed by atoms with Gasteiger partial charge in [-0.3, -0.25) is 0 Å². The maximum absolute atomic E-state index is 3.51. The van der Waals surface area contributed by atoms with E-state index >= 15 is 0 Å². The minimum atomic E-state index is 0.595. The molecule has 0 radical (unpaired) electrons. The molecule has 2 unspecified atom stereocenters. The summed E-state index contributed by atoms with van der Waals surface area (Å²) in [7, 11) is 0. The summed E-state index contributed by atoms with van der Waals surface area (Å²) in [6.45, 7) is 6.70. The molecular weight excluding hydrogens is 202 g/mol. The summed E-state index contributed by atoms with van der Waals surface area (Å²) in [6, 6.07) is 10.3. The second-order valence-electron chi connectivity index (χ2n) is 4.59. The minimum absolute atomic E-state index is 0.595. The Morgan fingerprint density at radius 2 is 1.87 bits per heavy atom. The lowest BCUT2D eigenvalue weighted by atomic mass is 9.92. The molecule has 0 spiro atoms. The van der Waals surface area contributed by atoms with Gasteiger partial charge in [-0.2, -0.15) is 0 Å². The normalized spacial score (nSPS) is 25.3. The maximum Gasteiger partial charge on any atom is 0.0337 e. The van der Waals surface area contributed by atoms with Gasteiger partial charge in [0.05, 0.1) is 0 Å². The molecule has 2 heteroatoms.